The zero-order valence-corrected chi connectivity index (χ0v) is 19.7. The smallest absolute Gasteiger partial charge is 0.231 e. The molecule has 33 heavy (non-hydrogen) atoms. The maximum atomic E-state index is 6.01. The maximum Gasteiger partial charge on any atom is 0.231 e. The minimum atomic E-state index is 0.281. The first-order valence-corrected chi connectivity index (χ1v) is 12.5. The molecule has 2 atom stereocenters. The molecular weight excluding hydrogens is 432 g/mol. The Bertz CT molecular complexity index is 1190. The van der Waals surface area contributed by atoms with Gasteiger partial charge in [-0.15, -0.1) is 0 Å². The summed E-state index contributed by atoms with van der Waals surface area (Å²) in [4.78, 5) is 2.63. The van der Waals surface area contributed by atoms with Gasteiger partial charge in [-0.2, -0.15) is 5.10 Å². The van der Waals surface area contributed by atoms with Gasteiger partial charge in [0.1, 0.15) is 0 Å². The van der Waals surface area contributed by atoms with Crippen molar-refractivity contribution in [3.05, 3.63) is 58.9 Å². The average molecular weight is 463 g/mol. The fourth-order valence-electron chi connectivity index (χ4n) is 5.77. The van der Waals surface area contributed by atoms with E-state index in [4.69, 9.17) is 26.8 Å². The molecule has 3 aromatic rings. The summed E-state index contributed by atoms with van der Waals surface area (Å²) in [6.45, 7) is 2.84. The third-order valence-electron chi connectivity index (χ3n) is 7.41. The van der Waals surface area contributed by atoms with E-state index >= 15 is 0 Å². The molecule has 0 bridgehead atoms. The number of likely N-dealkylation sites (tertiary alicyclic amines) is 1. The molecule has 2 fully saturated rings. The number of hydrogen-bond acceptors (Lipinski definition) is 5. The van der Waals surface area contributed by atoms with Gasteiger partial charge in [0, 0.05) is 18.2 Å². The summed E-state index contributed by atoms with van der Waals surface area (Å²) >= 11 is 6.01. The van der Waals surface area contributed by atoms with Gasteiger partial charge in [-0.05, 0) is 61.5 Å². The Balaban J connectivity index is 1.34. The number of nitrogens with zero attached hydrogens (tertiary/aromatic N) is 4. The van der Waals surface area contributed by atoms with Crippen molar-refractivity contribution in [3.63, 3.8) is 0 Å². The molecule has 1 aliphatic carbocycles. The second-order valence-corrected chi connectivity index (χ2v) is 9.82. The first-order chi connectivity index (χ1) is 16.3. The highest BCUT2D eigenvalue weighted by Gasteiger charge is 2.33. The largest absolute Gasteiger partial charge is 0.454 e. The van der Waals surface area contributed by atoms with Crippen molar-refractivity contribution in [3.8, 4) is 22.9 Å². The number of rotatable bonds is 5. The molecule has 6 rings (SSSR count). The SMILES string of the molecule is S=c1n(CN2CCC[C@@H]3CCCC[C@@H]32)nc(-c2ccccc2)n1Cc1ccc2c(c1)OCO2. The van der Waals surface area contributed by atoms with E-state index < -0.39 is 0 Å². The van der Waals surface area contributed by atoms with Crippen LogP contribution in [0, 0.1) is 10.7 Å². The second kappa shape index (κ2) is 8.95. The molecule has 3 aliphatic rings. The van der Waals surface area contributed by atoms with Crippen LogP contribution in [0.4, 0.5) is 0 Å². The van der Waals surface area contributed by atoms with Crippen LogP contribution in [0.5, 0.6) is 11.5 Å². The summed E-state index contributed by atoms with van der Waals surface area (Å²) in [6.07, 6.45) is 8.06. The van der Waals surface area contributed by atoms with Crippen LogP contribution in [-0.4, -0.2) is 38.6 Å². The van der Waals surface area contributed by atoms with Crippen LogP contribution in [0.15, 0.2) is 48.5 Å². The zero-order valence-electron chi connectivity index (χ0n) is 18.9. The molecule has 1 aromatic heterocycles. The Hall–Kier alpha value is -2.64. The minimum absolute atomic E-state index is 0.281. The third kappa shape index (κ3) is 4.08. The number of fused-ring (bicyclic) bond motifs is 2. The second-order valence-electron chi connectivity index (χ2n) is 9.45. The van der Waals surface area contributed by atoms with Crippen molar-refractivity contribution < 1.29 is 9.47 Å². The Morgan fingerprint density at radius 3 is 2.67 bits per heavy atom. The van der Waals surface area contributed by atoms with Gasteiger partial charge in [0.2, 0.25) is 6.79 Å². The molecule has 0 radical (unpaired) electrons. The van der Waals surface area contributed by atoms with E-state index in [9.17, 15) is 0 Å². The standard InChI is InChI=1S/C26H30N4O2S/c33-26-29(16-19-12-13-23-24(15-19)32-18-31-23)25(21-8-2-1-3-9-21)27-30(26)17-28-14-6-10-20-7-4-5-11-22(20)28/h1-3,8-9,12-13,15,20,22H,4-7,10-11,14,16-18H2/t20-,22-/m0/s1. The monoisotopic (exact) mass is 462 g/mol. The van der Waals surface area contributed by atoms with Crippen LogP contribution < -0.4 is 9.47 Å². The highest BCUT2D eigenvalue weighted by atomic mass is 32.1. The van der Waals surface area contributed by atoms with Crippen LogP contribution in [0.25, 0.3) is 11.4 Å². The summed E-state index contributed by atoms with van der Waals surface area (Å²) in [7, 11) is 0. The lowest BCUT2D eigenvalue weighted by Crippen LogP contribution is -2.47. The van der Waals surface area contributed by atoms with E-state index in [1.165, 1.54) is 38.5 Å². The van der Waals surface area contributed by atoms with Crippen molar-refractivity contribution in [1.29, 1.82) is 0 Å². The minimum Gasteiger partial charge on any atom is -0.454 e. The molecule has 3 heterocycles. The van der Waals surface area contributed by atoms with Gasteiger partial charge in [0.15, 0.2) is 22.1 Å². The van der Waals surface area contributed by atoms with E-state index in [0.717, 1.165) is 52.4 Å². The Kier molecular flexibility index (Phi) is 5.68. The number of ether oxygens (including phenoxy) is 2. The fraction of sp³-hybridized carbons (Fsp3) is 0.462. The number of aromatic nitrogens is 3. The molecule has 0 spiro atoms. The summed E-state index contributed by atoms with van der Waals surface area (Å²) in [5.74, 6) is 3.35. The lowest BCUT2D eigenvalue weighted by Gasteiger charge is -2.43. The molecule has 1 saturated carbocycles. The zero-order chi connectivity index (χ0) is 22.2. The van der Waals surface area contributed by atoms with Crippen LogP contribution in [0.1, 0.15) is 44.1 Å². The first-order valence-electron chi connectivity index (χ1n) is 12.1. The van der Waals surface area contributed by atoms with Gasteiger partial charge in [0.25, 0.3) is 0 Å². The normalized spacial score (nSPS) is 22.3. The van der Waals surface area contributed by atoms with Crippen molar-refractivity contribution in [2.45, 2.75) is 57.8 Å². The van der Waals surface area contributed by atoms with Crippen molar-refractivity contribution in [1.82, 2.24) is 19.2 Å². The van der Waals surface area contributed by atoms with Crippen molar-refractivity contribution in [2.75, 3.05) is 13.3 Å². The highest BCUT2D eigenvalue weighted by Crippen LogP contribution is 2.36. The lowest BCUT2D eigenvalue weighted by molar-refractivity contribution is 0.0323. The fourth-order valence-corrected chi connectivity index (χ4v) is 6.02. The van der Waals surface area contributed by atoms with Crippen LogP contribution in [-0.2, 0) is 13.2 Å². The van der Waals surface area contributed by atoms with E-state index in [1.54, 1.807) is 0 Å². The average Bonchev–Trinajstić information content (AvgIpc) is 3.45. The summed E-state index contributed by atoms with van der Waals surface area (Å²) in [5.41, 5.74) is 2.20. The van der Waals surface area contributed by atoms with E-state index in [0.29, 0.717) is 12.6 Å². The van der Waals surface area contributed by atoms with E-state index in [1.807, 2.05) is 22.9 Å². The Morgan fingerprint density at radius 1 is 0.939 bits per heavy atom. The van der Waals surface area contributed by atoms with Crippen LogP contribution in [0.3, 0.4) is 0 Å². The molecule has 0 amide bonds. The van der Waals surface area contributed by atoms with Gasteiger partial charge >= 0.3 is 0 Å². The Labute approximate surface area is 199 Å². The van der Waals surface area contributed by atoms with Gasteiger partial charge in [-0.3, -0.25) is 9.47 Å². The summed E-state index contributed by atoms with van der Waals surface area (Å²) in [6, 6.07) is 17.1. The molecule has 172 valence electrons. The van der Waals surface area contributed by atoms with Crippen LogP contribution >= 0.6 is 12.2 Å². The van der Waals surface area contributed by atoms with E-state index in [2.05, 4.69) is 39.8 Å². The molecular formula is C26H30N4O2S. The number of piperidine rings is 1. The maximum absolute atomic E-state index is 6.01. The molecule has 1 saturated heterocycles. The van der Waals surface area contributed by atoms with Crippen molar-refractivity contribution >= 4 is 12.2 Å². The quantitative estimate of drug-likeness (QED) is 0.471. The van der Waals surface area contributed by atoms with Gasteiger partial charge in [-0.1, -0.05) is 49.2 Å². The van der Waals surface area contributed by atoms with Gasteiger partial charge < -0.3 is 9.47 Å². The molecule has 0 unspecified atom stereocenters. The number of benzene rings is 2. The molecule has 6 nitrogen and oxygen atoms in total. The van der Waals surface area contributed by atoms with E-state index in [-0.39, 0.29) is 6.79 Å². The van der Waals surface area contributed by atoms with Gasteiger partial charge in [-0.25, -0.2) is 4.68 Å². The Morgan fingerprint density at radius 2 is 1.76 bits per heavy atom. The molecule has 0 N–H and O–H groups in total. The topological polar surface area (TPSA) is 44.5 Å². The van der Waals surface area contributed by atoms with Crippen molar-refractivity contribution in [2.24, 2.45) is 5.92 Å². The lowest BCUT2D eigenvalue weighted by atomic mass is 9.78. The first kappa shape index (κ1) is 20.9. The van der Waals surface area contributed by atoms with Crippen LogP contribution in [0.2, 0.25) is 0 Å². The molecule has 2 aliphatic heterocycles. The summed E-state index contributed by atoms with van der Waals surface area (Å²) in [5, 5.41) is 5.06. The van der Waals surface area contributed by atoms with Gasteiger partial charge in [0.05, 0.1) is 13.2 Å². The molecule has 7 heteroatoms. The predicted molar refractivity (Wildman–Crippen MR) is 130 cm³/mol. The highest BCUT2D eigenvalue weighted by molar-refractivity contribution is 7.71. The molecule has 2 aromatic carbocycles. The summed E-state index contributed by atoms with van der Waals surface area (Å²) < 4.78 is 16.0. The number of hydrogen-bond donors (Lipinski definition) is 0. The third-order valence-corrected chi connectivity index (χ3v) is 7.84. The predicted octanol–water partition coefficient (Wildman–Crippen LogP) is 5.47.